The van der Waals surface area contributed by atoms with Gasteiger partial charge >= 0.3 is 0 Å². The molecule has 0 amide bonds. The Morgan fingerprint density at radius 1 is 1.12 bits per heavy atom. The average Bonchev–Trinajstić information content (AvgIpc) is 2.63. The summed E-state index contributed by atoms with van der Waals surface area (Å²) in [5.74, 6) is 0.896. The normalized spacial score (nSPS) is 11.5. The molecule has 1 heterocycles. The standard InChI is InChI=1S/C14H17NOS/c1-10-15-13(9-17-10)11-5-7-12(8-6-11)16-14(2,3)4/h5-9H,1-4H3. The summed E-state index contributed by atoms with van der Waals surface area (Å²) in [4.78, 5) is 4.46. The average molecular weight is 247 g/mol. The van der Waals surface area contributed by atoms with Gasteiger partial charge in [0.1, 0.15) is 11.4 Å². The Morgan fingerprint density at radius 3 is 2.24 bits per heavy atom. The van der Waals surface area contributed by atoms with Crippen LogP contribution in [-0.2, 0) is 0 Å². The van der Waals surface area contributed by atoms with Gasteiger partial charge in [0.2, 0.25) is 0 Å². The molecule has 90 valence electrons. The molecule has 2 aromatic rings. The van der Waals surface area contributed by atoms with Crippen LogP contribution >= 0.6 is 11.3 Å². The second kappa shape index (κ2) is 4.49. The first-order valence-corrected chi connectivity index (χ1v) is 6.53. The summed E-state index contributed by atoms with van der Waals surface area (Å²) in [5.41, 5.74) is 2.02. The summed E-state index contributed by atoms with van der Waals surface area (Å²) >= 11 is 1.67. The van der Waals surface area contributed by atoms with Gasteiger partial charge in [-0.2, -0.15) is 0 Å². The monoisotopic (exact) mass is 247 g/mol. The minimum atomic E-state index is -0.154. The van der Waals surface area contributed by atoms with Gasteiger partial charge in [0.05, 0.1) is 10.7 Å². The van der Waals surface area contributed by atoms with Gasteiger partial charge in [-0.25, -0.2) is 4.98 Å². The van der Waals surface area contributed by atoms with Crippen molar-refractivity contribution in [3.8, 4) is 17.0 Å². The van der Waals surface area contributed by atoms with Crippen molar-refractivity contribution in [3.05, 3.63) is 34.7 Å². The van der Waals surface area contributed by atoms with Gasteiger partial charge in [0, 0.05) is 10.9 Å². The van der Waals surface area contributed by atoms with E-state index in [1.165, 1.54) is 0 Å². The van der Waals surface area contributed by atoms with E-state index in [0.717, 1.165) is 22.0 Å². The van der Waals surface area contributed by atoms with Crippen molar-refractivity contribution in [3.63, 3.8) is 0 Å². The summed E-state index contributed by atoms with van der Waals surface area (Å²) in [6.45, 7) is 8.16. The molecule has 1 aromatic heterocycles. The first-order valence-electron chi connectivity index (χ1n) is 5.66. The van der Waals surface area contributed by atoms with Gasteiger partial charge in [0.15, 0.2) is 0 Å². The van der Waals surface area contributed by atoms with E-state index < -0.39 is 0 Å². The van der Waals surface area contributed by atoms with Crippen molar-refractivity contribution in [2.75, 3.05) is 0 Å². The fourth-order valence-electron chi connectivity index (χ4n) is 1.54. The van der Waals surface area contributed by atoms with Gasteiger partial charge in [-0.05, 0) is 52.0 Å². The second-order valence-corrected chi connectivity index (χ2v) is 6.05. The lowest BCUT2D eigenvalue weighted by atomic mass is 10.1. The lowest BCUT2D eigenvalue weighted by Gasteiger charge is -2.21. The van der Waals surface area contributed by atoms with Gasteiger partial charge in [-0.1, -0.05) is 0 Å². The number of ether oxygens (including phenoxy) is 1. The number of aromatic nitrogens is 1. The molecule has 0 aliphatic heterocycles. The highest BCUT2D eigenvalue weighted by molar-refractivity contribution is 7.09. The fourth-order valence-corrected chi connectivity index (χ4v) is 2.17. The predicted molar refractivity (Wildman–Crippen MR) is 72.7 cm³/mol. The molecule has 2 nitrogen and oxygen atoms in total. The van der Waals surface area contributed by atoms with E-state index in [0.29, 0.717) is 0 Å². The zero-order valence-electron chi connectivity index (χ0n) is 10.7. The molecule has 1 aromatic carbocycles. The van der Waals surface area contributed by atoms with Gasteiger partial charge in [-0.3, -0.25) is 0 Å². The molecule has 2 rings (SSSR count). The molecule has 0 bridgehead atoms. The van der Waals surface area contributed by atoms with E-state index in [9.17, 15) is 0 Å². The topological polar surface area (TPSA) is 22.1 Å². The van der Waals surface area contributed by atoms with E-state index in [4.69, 9.17) is 4.74 Å². The van der Waals surface area contributed by atoms with Crippen LogP contribution in [-0.4, -0.2) is 10.6 Å². The first-order chi connectivity index (χ1) is 7.94. The molecule has 0 atom stereocenters. The predicted octanol–water partition coefficient (Wildman–Crippen LogP) is 4.30. The summed E-state index contributed by atoms with van der Waals surface area (Å²) in [6, 6.07) is 8.09. The minimum absolute atomic E-state index is 0.154. The third kappa shape index (κ3) is 3.30. The third-order valence-electron chi connectivity index (χ3n) is 2.19. The molecule has 0 fully saturated rings. The second-order valence-electron chi connectivity index (χ2n) is 4.99. The van der Waals surface area contributed by atoms with Crippen LogP contribution in [0.1, 0.15) is 25.8 Å². The summed E-state index contributed by atoms with van der Waals surface area (Å²) in [6.07, 6.45) is 0. The zero-order chi connectivity index (χ0) is 12.5. The first kappa shape index (κ1) is 12.1. The Kier molecular flexibility index (Phi) is 3.20. The fraction of sp³-hybridized carbons (Fsp3) is 0.357. The molecule has 0 saturated heterocycles. The lowest BCUT2D eigenvalue weighted by Crippen LogP contribution is -2.22. The quantitative estimate of drug-likeness (QED) is 0.789. The Bertz CT molecular complexity index is 494. The smallest absolute Gasteiger partial charge is 0.120 e. The summed E-state index contributed by atoms with van der Waals surface area (Å²) in [5, 5.41) is 3.17. The number of benzene rings is 1. The highest BCUT2D eigenvalue weighted by atomic mass is 32.1. The number of thiazole rings is 1. The Balaban J connectivity index is 2.19. The molecule has 0 unspecified atom stereocenters. The molecule has 0 N–H and O–H groups in total. The van der Waals surface area contributed by atoms with Crippen molar-refractivity contribution < 1.29 is 4.74 Å². The number of hydrogen-bond acceptors (Lipinski definition) is 3. The molecule has 17 heavy (non-hydrogen) atoms. The Morgan fingerprint density at radius 2 is 1.76 bits per heavy atom. The minimum Gasteiger partial charge on any atom is -0.488 e. The largest absolute Gasteiger partial charge is 0.488 e. The van der Waals surface area contributed by atoms with Crippen LogP contribution in [0, 0.1) is 6.92 Å². The van der Waals surface area contributed by atoms with E-state index in [2.05, 4.69) is 22.5 Å². The zero-order valence-corrected chi connectivity index (χ0v) is 11.5. The van der Waals surface area contributed by atoms with Crippen LogP contribution < -0.4 is 4.74 Å². The van der Waals surface area contributed by atoms with Crippen molar-refractivity contribution in [2.45, 2.75) is 33.3 Å². The van der Waals surface area contributed by atoms with E-state index in [1.54, 1.807) is 11.3 Å². The van der Waals surface area contributed by atoms with Crippen LogP contribution in [0.4, 0.5) is 0 Å². The number of nitrogens with zero attached hydrogens (tertiary/aromatic N) is 1. The van der Waals surface area contributed by atoms with Crippen LogP contribution in [0.2, 0.25) is 0 Å². The van der Waals surface area contributed by atoms with Crippen molar-refractivity contribution in [1.82, 2.24) is 4.98 Å². The van der Waals surface area contributed by atoms with Crippen LogP contribution in [0.15, 0.2) is 29.6 Å². The number of hydrogen-bond donors (Lipinski definition) is 0. The maximum Gasteiger partial charge on any atom is 0.120 e. The SMILES string of the molecule is Cc1nc(-c2ccc(OC(C)(C)C)cc2)cs1. The highest BCUT2D eigenvalue weighted by Crippen LogP contribution is 2.25. The Hall–Kier alpha value is -1.35. The van der Waals surface area contributed by atoms with Crippen LogP contribution in [0.25, 0.3) is 11.3 Å². The molecule has 0 aliphatic carbocycles. The van der Waals surface area contributed by atoms with Gasteiger partial charge in [-0.15, -0.1) is 11.3 Å². The van der Waals surface area contributed by atoms with E-state index >= 15 is 0 Å². The molecular weight excluding hydrogens is 230 g/mol. The molecule has 0 spiro atoms. The summed E-state index contributed by atoms with van der Waals surface area (Å²) in [7, 11) is 0. The maximum atomic E-state index is 5.78. The van der Waals surface area contributed by atoms with Crippen molar-refractivity contribution in [1.29, 1.82) is 0 Å². The molecule has 3 heteroatoms. The van der Waals surface area contributed by atoms with Crippen molar-refractivity contribution in [2.24, 2.45) is 0 Å². The van der Waals surface area contributed by atoms with Crippen LogP contribution in [0.5, 0.6) is 5.75 Å². The highest BCUT2D eigenvalue weighted by Gasteiger charge is 2.11. The number of rotatable bonds is 2. The lowest BCUT2D eigenvalue weighted by molar-refractivity contribution is 0.131. The van der Waals surface area contributed by atoms with Gasteiger partial charge < -0.3 is 4.74 Å². The van der Waals surface area contributed by atoms with Crippen molar-refractivity contribution >= 4 is 11.3 Å². The summed E-state index contributed by atoms with van der Waals surface area (Å²) < 4.78 is 5.78. The van der Waals surface area contributed by atoms with E-state index in [1.807, 2.05) is 39.8 Å². The number of aryl methyl sites for hydroxylation is 1. The maximum absolute atomic E-state index is 5.78. The molecular formula is C14H17NOS. The van der Waals surface area contributed by atoms with Crippen LogP contribution in [0.3, 0.4) is 0 Å². The molecule has 0 radical (unpaired) electrons. The molecule has 0 aliphatic rings. The Labute approximate surface area is 106 Å². The third-order valence-corrected chi connectivity index (χ3v) is 2.97. The van der Waals surface area contributed by atoms with E-state index in [-0.39, 0.29) is 5.60 Å². The van der Waals surface area contributed by atoms with Gasteiger partial charge in [0.25, 0.3) is 0 Å². The molecule has 0 saturated carbocycles.